The van der Waals surface area contributed by atoms with E-state index in [4.69, 9.17) is 12.2 Å². The van der Waals surface area contributed by atoms with Gasteiger partial charge in [0.15, 0.2) is 0 Å². The SMILES string of the molecule is CSC(=S)c1ccc2cc[nH]c2c1. The van der Waals surface area contributed by atoms with Crippen LogP contribution in [0.25, 0.3) is 10.9 Å². The first kappa shape index (κ1) is 8.78. The summed E-state index contributed by atoms with van der Waals surface area (Å²) in [5.74, 6) is 0. The minimum Gasteiger partial charge on any atom is -0.361 e. The van der Waals surface area contributed by atoms with Crippen molar-refractivity contribution < 1.29 is 0 Å². The molecular weight excluding hydrogens is 198 g/mol. The molecular formula is C10H9NS2. The lowest BCUT2D eigenvalue weighted by atomic mass is 10.2. The minimum atomic E-state index is 0.941. The zero-order valence-corrected chi connectivity index (χ0v) is 8.84. The molecule has 2 aromatic rings. The number of fused-ring (bicyclic) bond motifs is 1. The topological polar surface area (TPSA) is 15.8 Å². The molecule has 0 atom stereocenters. The third kappa shape index (κ3) is 1.62. The van der Waals surface area contributed by atoms with Gasteiger partial charge in [-0.3, -0.25) is 0 Å². The third-order valence-electron chi connectivity index (χ3n) is 1.98. The summed E-state index contributed by atoms with van der Waals surface area (Å²) >= 11 is 6.81. The molecule has 0 aliphatic rings. The van der Waals surface area contributed by atoms with Gasteiger partial charge in [-0.15, -0.1) is 11.8 Å². The number of benzene rings is 1. The molecule has 1 aromatic heterocycles. The molecule has 1 aromatic carbocycles. The van der Waals surface area contributed by atoms with Crippen LogP contribution in [0.4, 0.5) is 0 Å². The van der Waals surface area contributed by atoms with E-state index in [1.807, 2.05) is 12.5 Å². The van der Waals surface area contributed by atoms with Crippen LogP contribution in [-0.4, -0.2) is 15.4 Å². The number of hydrogen-bond donors (Lipinski definition) is 1. The van der Waals surface area contributed by atoms with Crippen LogP contribution in [0.15, 0.2) is 30.5 Å². The summed E-state index contributed by atoms with van der Waals surface area (Å²) in [6.07, 6.45) is 3.94. The van der Waals surface area contributed by atoms with Gasteiger partial charge in [0.1, 0.15) is 0 Å². The van der Waals surface area contributed by atoms with Crippen LogP contribution in [0.5, 0.6) is 0 Å². The molecule has 2 rings (SSSR count). The highest BCUT2D eigenvalue weighted by atomic mass is 32.2. The second kappa shape index (κ2) is 3.52. The standard InChI is InChI=1S/C10H9NS2/c1-13-10(12)8-3-2-7-4-5-11-9(7)6-8/h2-6,11H,1H3. The normalized spacial score (nSPS) is 10.5. The Hall–Kier alpha value is -0.800. The molecule has 1 nitrogen and oxygen atoms in total. The van der Waals surface area contributed by atoms with Gasteiger partial charge in [0, 0.05) is 17.3 Å². The number of aromatic amines is 1. The van der Waals surface area contributed by atoms with Gasteiger partial charge in [-0.1, -0.05) is 24.4 Å². The van der Waals surface area contributed by atoms with E-state index in [1.165, 1.54) is 5.39 Å². The Morgan fingerprint density at radius 3 is 3.00 bits per heavy atom. The molecule has 0 fully saturated rings. The van der Waals surface area contributed by atoms with Gasteiger partial charge in [0.05, 0.1) is 4.20 Å². The van der Waals surface area contributed by atoms with Gasteiger partial charge >= 0.3 is 0 Å². The number of rotatable bonds is 1. The maximum atomic E-state index is 5.21. The smallest absolute Gasteiger partial charge is 0.0776 e. The summed E-state index contributed by atoms with van der Waals surface area (Å²) in [5, 5.41) is 1.23. The van der Waals surface area contributed by atoms with E-state index in [0.717, 1.165) is 15.3 Å². The van der Waals surface area contributed by atoms with Gasteiger partial charge in [-0.05, 0) is 23.8 Å². The van der Waals surface area contributed by atoms with E-state index < -0.39 is 0 Å². The molecule has 1 N–H and O–H groups in total. The van der Waals surface area contributed by atoms with E-state index in [1.54, 1.807) is 11.8 Å². The van der Waals surface area contributed by atoms with Crippen molar-refractivity contribution in [2.24, 2.45) is 0 Å². The number of thiocarbonyl (C=S) groups is 1. The van der Waals surface area contributed by atoms with Crippen molar-refractivity contribution in [3.8, 4) is 0 Å². The number of thioether (sulfide) groups is 1. The molecule has 0 spiro atoms. The summed E-state index contributed by atoms with van der Waals surface area (Å²) in [6, 6.07) is 8.30. The van der Waals surface area contributed by atoms with E-state index in [-0.39, 0.29) is 0 Å². The van der Waals surface area contributed by atoms with E-state index in [9.17, 15) is 0 Å². The zero-order valence-electron chi connectivity index (χ0n) is 7.20. The van der Waals surface area contributed by atoms with Crippen LogP contribution >= 0.6 is 24.0 Å². The Balaban J connectivity index is 2.54. The average molecular weight is 207 g/mol. The number of H-pyrrole nitrogens is 1. The third-order valence-corrected chi connectivity index (χ3v) is 3.32. The van der Waals surface area contributed by atoms with Crippen molar-refractivity contribution in [1.82, 2.24) is 4.98 Å². The highest BCUT2D eigenvalue weighted by molar-refractivity contribution is 8.23. The summed E-state index contributed by atoms with van der Waals surface area (Å²) in [6.45, 7) is 0. The monoisotopic (exact) mass is 207 g/mol. The van der Waals surface area contributed by atoms with Gasteiger partial charge in [0.2, 0.25) is 0 Å². The fraction of sp³-hybridized carbons (Fsp3) is 0.100. The Labute approximate surface area is 86.5 Å². The molecule has 3 heteroatoms. The molecule has 1 heterocycles. The van der Waals surface area contributed by atoms with Crippen molar-refractivity contribution in [3.05, 3.63) is 36.0 Å². The lowest BCUT2D eigenvalue weighted by molar-refractivity contribution is 1.48. The van der Waals surface area contributed by atoms with Crippen LogP contribution in [-0.2, 0) is 0 Å². The fourth-order valence-corrected chi connectivity index (χ4v) is 1.78. The second-order valence-corrected chi connectivity index (χ2v) is 4.25. The largest absolute Gasteiger partial charge is 0.361 e. The lowest BCUT2D eigenvalue weighted by Gasteiger charge is -1.99. The number of nitrogens with one attached hydrogen (secondary N) is 1. The zero-order chi connectivity index (χ0) is 9.26. The van der Waals surface area contributed by atoms with Gasteiger partial charge in [-0.25, -0.2) is 0 Å². The van der Waals surface area contributed by atoms with Gasteiger partial charge < -0.3 is 4.98 Å². The predicted molar refractivity (Wildman–Crippen MR) is 63.5 cm³/mol. The van der Waals surface area contributed by atoms with Gasteiger partial charge in [0.25, 0.3) is 0 Å². The molecule has 0 radical (unpaired) electrons. The number of aromatic nitrogens is 1. The quantitative estimate of drug-likeness (QED) is 0.723. The second-order valence-electron chi connectivity index (χ2n) is 2.77. The van der Waals surface area contributed by atoms with E-state index in [2.05, 4.69) is 29.2 Å². The first-order valence-electron chi connectivity index (χ1n) is 3.97. The van der Waals surface area contributed by atoms with Crippen LogP contribution in [0.2, 0.25) is 0 Å². The fourth-order valence-electron chi connectivity index (χ4n) is 1.29. The van der Waals surface area contributed by atoms with Crippen LogP contribution in [0, 0.1) is 0 Å². The molecule has 0 unspecified atom stereocenters. The van der Waals surface area contributed by atoms with Crippen molar-refractivity contribution in [2.45, 2.75) is 0 Å². The van der Waals surface area contributed by atoms with Crippen molar-refractivity contribution >= 4 is 39.1 Å². The average Bonchev–Trinajstić information content (AvgIpc) is 2.63. The first-order valence-corrected chi connectivity index (χ1v) is 5.60. The van der Waals surface area contributed by atoms with Crippen molar-refractivity contribution in [2.75, 3.05) is 6.26 Å². The first-order chi connectivity index (χ1) is 6.31. The van der Waals surface area contributed by atoms with Crippen LogP contribution in [0.3, 0.4) is 0 Å². The molecule has 66 valence electrons. The molecule has 0 saturated carbocycles. The number of hydrogen-bond acceptors (Lipinski definition) is 2. The van der Waals surface area contributed by atoms with Crippen molar-refractivity contribution in [3.63, 3.8) is 0 Å². The molecule has 0 bridgehead atoms. The predicted octanol–water partition coefficient (Wildman–Crippen LogP) is 3.21. The highest BCUT2D eigenvalue weighted by Crippen LogP contribution is 2.17. The Kier molecular flexibility index (Phi) is 2.38. The van der Waals surface area contributed by atoms with E-state index >= 15 is 0 Å². The lowest BCUT2D eigenvalue weighted by Crippen LogP contribution is -1.89. The molecule has 0 amide bonds. The Bertz CT molecular complexity index is 445. The minimum absolute atomic E-state index is 0.941. The van der Waals surface area contributed by atoms with Crippen LogP contribution < -0.4 is 0 Å². The maximum absolute atomic E-state index is 5.21. The maximum Gasteiger partial charge on any atom is 0.0776 e. The summed E-state index contributed by atoms with van der Waals surface area (Å²) in [4.78, 5) is 3.17. The molecule has 0 aliphatic carbocycles. The Morgan fingerprint density at radius 2 is 2.23 bits per heavy atom. The van der Waals surface area contributed by atoms with Crippen molar-refractivity contribution in [1.29, 1.82) is 0 Å². The van der Waals surface area contributed by atoms with E-state index in [0.29, 0.717) is 0 Å². The summed E-state index contributed by atoms with van der Waals surface area (Å²) in [7, 11) is 0. The van der Waals surface area contributed by atoms with Crippen LogP contribution in [0.1, 0.15) is 5.56 Å². The highest BCUT2D eigenvalue weighted by Gasteiger charge is 2.00. The molecule has 0 saturated heterocycles. The molecule has 13 heavy (non-hydrogen) atoms. The summed E-state index contributed by atoms with van der Waals surface area (Å²) in [5.41, 5.74) is 2.27. The molecule has 0 aliphatic heterocycles. The van der Waals surface area contributed by atoms with Gasteiger partial charge in [-0.2, -0.15) is 0 Å². The Morgan fingerprint density at radius 1 is 1.38 bits per heavy atom. The summed E-state index contributed by atoms with van der Waals surface area (Å²) < 4.78 is 0.941.